The number of aromatic nitrogens is 1. The zero-order chi connectivity index (χ0) is 23.9. The first-order chi connectivity index (χ1) is 16.5. The second kappa shape index (κ2) is 10.2. The highest BCUT2D eigenvalue weighted by atomic mass is 16.5. The molecule has 0 fully saturated rings. The summed E-state index contributed by atoms with van der Waals surface area (Å²) in [5.41, 5.74) is 3.13. The van der Waals surface area contributed by atoms with Gasteiger partial charge in [0.2, 0.25) is 0 Å². The molecule has 0 atom stereocenters. The zero-order valence-corrected chi connectivity index (χ0v) is 18.2. The van der Waals surface area contributed by atoms with Crippen LogP contribution in [0.2, 0.25) is 0 Å². The Morgan fingerprint density at radius 1 is 0.882 bits per heavy atom. The molecule has 4 rings (SSSR count). The molecule has 0 bridgehead atoms. The fraction of sp³-hybridized carbons (Fsp3) is 0.0370. The summed E-state index contributed by atoms with van der Waals surface area (Å²) in [5, 5.41) is 6.52. The standard InChI is InChI=1S/C27H20N2O5/c1-33-27(32)23-17-25(34-29-23)21-8-5-9-22(16-21)28-26(31)20-13-10-18(11-14-20)12-15-24(30)19-6-3-2-4-7-19/h2-17H,1H3,(H,28,31)/b15-12+. The number of ether oxygens (including phenoxy) is 1. The maximum absolute atomic E-state index is 12.7. The summed E-state index contributed by atoms with van der Waals surface area (Å²) >= 11 is 0. The van der Waals surface area contributed by atoms with Crippen LogP contribution in [-0.2, 0) is 4.74 Å². The van der Waals surface area contributed by atoms with Crippen LogP contribution in [0.3, 0.4) is 0 Å². The van der Waals surface area contributed by atoms with E-state index in [9.17, 15) is 14.4 Å². The van der Waals surface area contributed by atoms with Gasteiger partial charge < -0.3 is 14.6 Å². The maximum atomic E-state index is 12.7. The van der Waals surface area contributed by atoms with Crippen molar-refractivity contribution in [2.45, 2.75) is 0 Å². The number of allylic oxidation sites excluding steroid dienone is 1. The first kappa shape index (κ1) is 22.4. The summed E-state index contributed by atoms with van der Waals surface area (Å²) in [4.78, 5) is 36.4. The number of ketones is 1. The van der Waals surface area contributed by atoms with Gasteiger partial charge in [-0.15, -0.1) is 0 Å². The second-order valence-electron chi connectivity index (χ2n) is 7.29. The second-order valence-corrected chi connectivity index (χ2v) is 7.29. The van der Waals surface area contributed by atoms with Crippen molar-refractivity contribution in [1.29, 1.82) is 0 Å². The lowest BCUT2D eigenvalue weighted by atomic mass is 10.1. The molecule has 4 aromatic rings. The number of carbonyl (C=O) groups is 3. The highest BCUT2D eigenvalue weighted by molar-refractivity contribution is 6.07. The Morgan fingerprint density at radius 3 is 2.38 bits per heavy atom. The van der Waals surface area contributed by atoms with Gasteiger partial charge in [0, 0.05) is 28.4 Å². The predicted octanol–water partition coefficient (Wildman–Crippen LogP) is 5.28. The SMILES string of the molecule is COC(=O)c1cc(-c2cccc(NC(=O)c3ccc(/C=C/C(=O)c4ccccc4)cc3)c2)on1. The lowest BCUT2D eigenvalue weighted by Gasteiger charge is -2.07. The van der Waals surface area contributed by atoms with E-state index in [0.717, 1.165) is 5.56 Å². The van der Waals surface area contributed by atoms with E-state index in [1.165, 1.54) is 19.3 Å². The molecule has 0 aliphatic carbocycles. The van der Waals surface area contributed by atoms with Crippen molar-refractivity contribution in [2.75, 3.05) is 12.4 Å². The molecule has 0 radical (unpaired) electrons. The van der Waals surface area contributed by atoms with E-state index in [2.05, 4.69) is 15.2 Å². The smallest absolute Gasteiger partial charge is 0.360 e. The van der Waals surface area contributed by atoms with Gasteiger partial charge in [0.05, 0.1) is 7.11 Å². The maximum Gasteiger partial charge on any atom is 0.360 e. The number of nitrogens with one attached hydrogen (secondary N) is 1. The molecule has 0 aliphatic heterocycles. The first-order valence-electron chi connectivity index (χ1n) is 10.4. The third-order valence-corrected chi connectivity index (χ3v) is 4.97. The Kier molecular flexibility index (Phi) is 6.74. The molecule has 1 amide bonds. The summed E-state index contributed by atoms with van der Waals surface area (Å²) in [5.74, 6) is -0.603. The summed E-state index contributed by atoms with van der Waals surface area (Å²) in [7, 11) is 1.26. The molecule has 3 aromatic carbocycles. The third-order valence-electron chi connectivity index (χ3n) is 4.97. The summed E-state index contributed by atoms with van der Waals surface area (Å²) in [6.07, 6.45) is 3.21. The molecule has 0 unspecified atom stereocenters. The van der Waals surface area contributed by atoms with Gasteiger partial charge in [-0.1, -0.05) is 65.8 Å². The van der Waals surface area contributed by atoms with Crippen LogP contribution in [0.4, 0.5) is 5.69 Å². The molecule has 1 heterocycles. The molecule has 0 aliphatic rings. The van der Waals surface area contributed by atoms with E-state index >= 15 is 0 Å². The van der Waals surface area contributed by atoms with Gasteiger partial charge in [-0.05, 0) is 35.9 Å². The number of anilines is 1. The fourth-order valence-corrected chi connectivity index (χ4v) is 3.18. The topological polar surface area (TPSA) is 98.5 Å². The number of hydrogen-bond acceptors (Lipinski definition) is 6. The number of methoxy groups -OCH3 is 1. The fourth-order valence-electron chi connectivity index (χ4n) is 3.18. The molecule has 34 heavy (non-hydrogen) atoms. The molecule has 0 saturated heterocycles. The molecule has 1 N–H and O–H groups in total. The Hall–Kier alpha value is -4.78. The molecule has 7 heteroatoms. The number of amides is 1. The van der Waals surface area contributed by atoms with Crippen molar-refractivity contribution in [3.63, 3.8) is 0 Å². The van der Waals surface area contributed by atoms with Gasteiger partial charge in [0.25, 0.3) is 5.91 Å². The van der Waals surface area contributed by atoms with Crippen LogP contribution in [0.1, 0.15) is 36.8 Å². The minimum atomic E-state index is -0.595. The summed E-state index contributed by atoms with van der Waals surface area (Å²) in [6, 6.07) is 24.4. The Bertz CT molecular complexity index is 1360. The van der Waals surface area contributed by atoms with Crippen LogP contribution < -0.4 is 5.32 Å². The molecular weight excluding hydrogens is 432 g/mol. The summed E-state index contributed by atoms with van der Waals surface area (Å²) in [6.45, 7) is 0. The van der Waals surface area contributed by atoms with E-state index in [0.29, 0.717) is 28.1 Å². The molecule has 7 nitrogen and oxygen atoms in total. The van der Waals surface area contributed by atoms with Crippen LogP contribution >= 0.6 is 0 Å². The van der Waals surface area contributed by atoms with Crippen LogP contribution in [0.5, 0.6) is 0 Å². The average Bonchev–Trinajstić information content (AvgIpc) is 3.38. The Morgan fingerprint density at radius 2 is 1.65 bits per heavy atom. The van der Waals surface area contributed by atoms with E-state index in [1.807, 2.05) is 18.2 Å². The highest BCUT2D eigenvalue weighted by Crippen LogP contribution is 2.24. The average molecular weight is 452 g/mol. The van der Waals surface area contributed by atoms with Gasteiger partial charge in [-0.2, -0.15) is 0 Å². The zero-order valence-electron chi connectivity index (χ0n) is 18.2. The Labute approximate surface area is 195 Å². The first-order valence-corrected chi connectivity index (χ1v) is 10.4. The van der Waals surface area contributed by atoms with Crippen molar-refractivity contribution in [2.24, 2.45) is 0 Å². The number of hydrogen-bond donors (Lipinski definition) is 1. The van der Waals surface area contributed by atoms with Crippen molar-refractivity contribution in [3.05, 3.63) is 113 Å². The van der Waals surface area contributed by atoms with Crippen molar-refractivity contribution in [1.82, 2.24) is 5.16 Å². The van der Waals surface area contributed by atoms with E-state index in [4.69, 9.17) is 4.52 Å². The van der Waals surface area contributed by atoms with Crippen LogP contribution in [-0.4, -0.2) is 29.9 Å². The lowest BCUT2D eigenvalue weighted by Crippen LogP contribution is -2.11. The number of nitrogens with zero attached hydrogens (tertiary/aromatic N) is 1. The van der Waals surface area contributed by atoms with Gasteiger partial charge in [0.15, 0.2) is 17.2 Å². The summed E-state index contributed by atoms with van der Waals surface area (Å²) < 4.78 is 9.83. The monoisotopic (exact) mass is 452 g/mol. The normalized spacial score (nSPS) is 10.7. The number of esters is 1. The molecule has 0 saturated carbocycles. The molecule has 1 aromatic heterocycles. The van der Waals surface area contributed by atoms with E-state index in [1.54, 1.807) is 66.7 Å². The van der Waals surface area contributed by atoms with E-state index in [-0.39, 0.29) is 17.4 Å². The highest BCUT2D eigenvalue weighted by Gasteiger charge is 2.14. The van der Waals surface area contributed by atoms with Crippen molar-refractivity contribution in [3.8, 4) is 11.3 Å². The van der Waals surface area contributed by atoms with Crippen molar-refractivity contribution < 1.29 is 23.6 Å². The van der Waals surface area contributed by atoms with Crippen LogP contribution in [0.15, 0.2) is 95.5 Å². The number of carbonyl (C=O) groups excluding carboxylic acids is 3. The van der Waals surface area contributed by atoms with Crippen LogP contribution in [0.25, 0.3) is 17.4 Å². The minimum absolute atomic E-state index is 0.0616. The van der Waals surface area contributed by atoms with Gasteiger partial charge in [-0.25, -0.2) is 4.79 Å². The number of rotatable bonds is 7. The predicted molar refractivity (Wildman–Crippen MR) is 127 cm³/mol. The van der Waals surface area contributed by atoms with Crippen molar-refractivity contribution >= 4 is 29.4 Å². The van der Waals surface area contributed by atoms with Gasteiger partial charge in [-0.3, -0.25) is 9.59 Å². The quantitative estimate of drug-likeness (QED) is 0.233. The molecule has 0 spiro atoms. The van der Waals surface area contributed by atoms with Crippen LogP contribution in [0, 0.1) is 0 Å². The van der Waals surface area contributed by atoms with Gasteiger partial charge in [0.1, 0.15) is 0 Å². The van der Waals surface area contributed by atoms with E-state index < -0.39 is 5.97 Å². The largest absolute Gasteiger partial charge is 0.464 e. The lowest BCUT2D eigenvalue weighted by molar-refractivity contribution is 0.0589. The molecular formula is C27H20N2O5. The molecule has 168 valence electrons. The Balaban J connectivity index is 1.41. The minimum Gasteiger partial charge on any atom is -0.464 e. The third kappa shape index (κ3) is 5.34. The number of benzene rings is 3. The van der Waals surface area contributed by atoms with Gasteiger partial charge >= 0.3 is 5.97 Å².